The average Bonchev–Trinajstić information content (AvgIpc) is 2.77. The lowest BCUT2D eigenvalue weighted by atomic mass is 9.98. The lowest BCUT2D eigenvalue weighted by molar-refractivity contribution is 0.194. The third kappa shape index (κ3) is 3.26. The molecule has 2 heterocycles. The van der Waals surface area contributed by atoms with E-state index in [0.29, 0.717) is 12.3 Å². The maximum atomic E-state index is 5.73. The Kier molecular flexibility index (Phi) is 4.12. The van der Waals surface area contributed by atoms with Crippen molar-refractivity contribution in [3.8, 4) is 0 Å². The summed E-state index contributed by atoms with van der Waals surface area (Å²) in [6.45, 7) is 7.47. The lowest BCUT2D eigenvalue weighted by Gasteiger charge is -2.29. The molecule has 5 nitrogen and oxygen atoms in total. The molecule has 0 radical (unpaired) electrons. The van der Waals surface area contributed by atoms with Crippen molar-refractivity contribution < 1.29 is 4.52 Å². The van der Waals surface area contributed by atoms with Gasteiger partial charge in [-0.1, -0.05) is 12.1 Å². The van der Waals surface area contributed by atoms with Crippen molar-refractivity contribution in [1.29, 1.82) is 0 Å². The molecule has 0 aliphatic carbocycles. The summed E-state index contributed by atoms with van der Waals surface area (Å²) < 4.78 is 5.35. The van der Waals surface area contributed by atoms with Crippen molar-refractivity contribution in [1.82, 2.24) is 15.0 Å². The van der Waals surface area contributed by atoms with E-state index in [1.165, 1.54) is 13.0 Å². The largest absolute Gasteiger partial charge is 0.339 e. The van der Waals surface area contributed by atoms with E-state index in [4.69, 9.17) is 10.3 Å². The summed E-state index contributed by atoms with van der Waals surface area (Å²) in [4.78, 5) is 6.89. The van der Waals surface area contributed by atoms with Crippen LogP contribution in [0.4, 0.5) is 0 Å². The Labute approximate surface area is 102 Å². The first-order chi connectivity index (χ1) is 8.19. The van der Waals surface area contributed by atoms with Crippen LogP contribution in [0.25, 0.3) is 0 Å². The second-order valence-corrected chi connectivity index (χ2v) is 4.96. The highest BCUT2D eigenvalue weighted by molar-refractivity contribution is 4.98. The number of piperidine rings is 1. The number of rotatable bonds is 4. The molecule has 2 atom stereocenters. The number of hydrogen-bond donors (Lipinski definition) is 1. The number of nitrogens with two attached hydrogens (primary N) is 1. The van der Waals surface area contributed by atoms with Gasteiger partial charge in [0.15, 0.2) is 5.82 Å². The molecule has 1 aliphatic heterocycles. The molecule has 0 spiro atoms. The second kappa shape index (κ2) is 5.60. The summed E-state index contributed by atoms with van der Waals surface area (Å²) in [5.74, 6) is 1.93. The molecule has 1 aromatic heterocycles. The van der Waals surface area contributed by atoms with Crippen molar-refractivity contribution in [3.63, 3.8) is 0 Å². The molecule has 2 rings (SSSR count). The number of likely N-dealkylation sites (tertiary alicyclic amines) is 1. The Balaban J connectivity index is 1.99. The first-order valence-electron chi connectivity index (χ1n) is 6.49. The zero-order valence-electron chi connectivity index (χ0n) is 10.7. The minimum Gasteiger partial charge on any atom is -0.339 e. The molecular formula is C12H22N4O. The molecule has 0 bridgehead atoms. The number of aromatic nitrogens is 2. The molecule has 0 amide bonds. The van der Waals surface area contributed by atoms with Crippen LogP contribution >= 0.6 is 0 Å². The maximum Gasteiger partial charge on any atom is 0.231 e. The third-order valence-electron chi connectivity index (χ3n) is 3.29. The van der Waals surface area contributed by atoms with Crippen molar-refractivity contribution in [2.24, 2.45) is 5.73 Å². The summed E-state index contributed by atoms with van der Waals surface area (Å²) in [5.41, 5.74) is 5.73. The molecule has 17 heavy (non-hydrogen) atoms. The summed E-state index contributed by atoms with van der Waals surface area (Å²) in [7, 11) is 0. The van der Waals surface area contributed by atoms with E-state index >= 15 is 0 Å². The predicted octanol–water partition coefficient (Wildman–Crippen LogP) is 1.16. The molecule has 1 aromatic rings. The van der Waals surface area contributed by atoms with Crippen LogP contribution in [-0.2, 0) is 6.42 Å². The van der Waals surface area contributed by atoms with E-state index < -0.39 is 0 Å². The highest BCUT2D eigenvalue weighted by Crippen LogP contribution is 2.25. The van der Waals surface area contributed by atoms with Crippen LogP contribution in [0, 0.1) is 0 Å². The van der Waals surface area contributed by atoms with Crippen LogP contribution < -0.4 is 5.73 Å². The molecule has 0 aromatic carbocycles. The van der Waals surface area contributed by atoms with Gasteiger partial charge in [-0.25, -0.2) is 0 Å². The Morgan fingerprint density at radius 1 is 1.59 bits per heavy atom. The van der Waals surface area contributed by atoms with Crippen molar-refractivity contribution in [2.45, 2.75) is 45.1 Å². The fraction of sp³-hybridized carbons (Fsp3) is 0.833. The first-order valence-corrected chi connectivity index (χ1v) is 6.49. The number of nitrogens with zero attached hydrogens (tertiary/aromatic N) is 3. The van der Waals surface area contributed by atoms with Gasteiger partial charge in [-0.15, -0.1) is 0 Å². The average molecular weight is 238 g/mol. The highest BCUT2D eigenvalue weighted by atomic mass is 16.5. The maximum absolute atomic E-state index is 5.73. The van der Waals surface area contributed by atoms with E-state index in [9.17, 15) is 0 Å². The lowest BCUT2D eigenvalue weighted by Crippen LogP contribution is -2.34. The van der Waals surface area contributed by atoms with Crippen molar-refractivity contribution in [2.75, 3.05) is 19.6 Å². The van der Waals surface area contributed by atoms with Crippen molar-refractivity contribution >= 4 is 0 Å². The Bertz CT molecular complexity index is 350. The molecule has 2 N–H and O–H groups in total. The standard InChI is InChI=1S/C12H22N4O/c1-3-16-6-4-5-10(8-16)12-14-11(15-17-12)7-9(2)13/h9-10H,3-8,13H2,1-2H3. The zero-order valence-corrected chi connectivity index (χ0v) is 10.7. The third-order valence-corrected chi connectivity index (χ3v) is 3.29. The summed E-state index contributed by atoms with van der Waals surface area (Å²) in [6.07, 6.45) is 3.05. The second-order valence-electron chi connectivity index (χ2n) is 4.96. The molecule has 5 heteroatoms. The van der Waals surface area contributed by atoms with Crippen LogP contribution in [0.1, 0.15) is 44.3 Å². The zero-order chi connectivity index (χ0) is 12.3. The fourth-order valence-corrected chi connectivity index (χ4v) is 2.35. The van der Waals surface area contributed by atoms with Crippen LogP contribution in [0.2, 0.25) is 0 Å². The Hall–Kier alpha value is -0.940. The van der Waals surface area contributed by atoms with Gasteiger partial charge in [0.1, 0.15) is 0 Å². The fourth-order valence-electron chi connectivity index (χ4n) is 2.35. The molecule has 1 aliphatic rings. The van der Waals surface area contributed by atoms with E-state index in [2.05, 4.69) is 22.0 Å². The van der Waals surface area contributed by atoms with Crippen LogP contribution in [0.15, 0.2) is 4.52 Å². The highest BCUT2D eigenvalue weighted by Gasteiger charge is 2.25. The van der Waals surface area contributed by atoms with Crippen LogP contribution in [0.5, 0.6) is 0 Å². The normalized spacial score (nSPS) is 23.8. The Morgan fingerprint density at radius 2 is 2.41 bits per heavy atom. The van der Waals surface area contributed by atoms with Gasteiger partial charge in [0.05, 0.1) is 5.92 Å². The topological polar surface area (TPSA) is 68.2 Å². The van der Waals surface area contributed by atoms with E-state index in [1.54, 1.807) is 0 Å². The van der Waals surface area contributed by atoms with E-state index in [0.717, 1.165) is 31.2 Å². The summed E-state index contributed by atoms with van der Waals surface area (Å²) in [5, 5.41) is 4.00. The Morgan fingerprint density at radius 3 is 3.12 bits per heavy atom. The molecule has 96 valence electrons. The van der Waals surface area contributed by atoms with Gasteiger partial charge < -0.3 is 15.2 Å². The minimum atomic E-state index is 0.0824. The predicted molar refractivity (Wildman–Crippen MR) is 65.7 cm³/mol. The number of likely N-dealkylation sites (N-methyl/N-ethyl adjacent to an activating group) is 1. The number of hydrogen-bond acceptors (Lipinski definition) is 5. The van der Waals surface area contributed by atoms with Gasteiger partial charge in [0.25, 0.3) is 0 Å². The van der Waals surface area contributed by atoms with E-state index in [1.807, 2.05) is 6.92 Å². The van der Waals surface area contributed by atoms with Gasteiger partial charge in [-0.3, -0.25) is 0 Å². The van der Waals surface area contributed by atoms with Crippen molar-refractivity contribution in [3.05, 3.63) is 11.7 Å². The molecular weight excluding hydrogens is 216 g/mol. The van der Waals surface area contributed by atoms with Gasteiger partial charge in [0, 0.05) is 19.0 Å². The molecule has 1 saturated heterocycles. The van der Waals surface area contributed by atoms with Crippen LogP contribution in [-0.4, -0.2) is 40.7 Å². The van der Waals surface area contributed by atoms with Gasteiger partial charge >= 0.3 is 0 Å². The quantitative estimate of drug-likeness (QED) is 0.852. The first kappa shape index (κ1) is 12.5. The minimum absolute atomic E-state index is 0.0824. The molecule has 2 unspecified atom stereocenters. The van der Waals surface area contributed by atoms with Gasteiger partial charge in [-0.05, 0) is 32.9 Å². The molecule has 0 saturated carbocycles. The SMILES string of the molecule is CCN1CCCC(c2nc(CC(C)N)no2)C1. The van der Waals surface area contributed by atoms with Gasteiger partial charge in [-0.2, -0.15) is 4.98 Å². The van der Waals surface area contributed by atoms with Gasteiger partial charge in [0.2, 0.25) is 5.89 Å². The summed E-state index contributed by atoms with van der Waals surface area (Å²) >= 11 is 0. The smallest absolute Gasteiger partial charge is 0.231 e. The monoisotopic (exact) mass is 238 g/mol. The molecule has 1 fully saturated rings. The van der Waals surface area contributed by atoms with E-state index in [-0.39, 0.29) is 6.04 Å². The summed E-state index contributed by atoms with van der Waals surface area (Å²) in [6, 6.07) is 0.0824. The van der Waals surface area contributed by atoms with Crippen LogP contribution in [0.3, 0.4) is 0 Å².